The summed E-state index contributed by atoms with van der Waals surface area (Å²) in [5.74, 6) is 2.38. The van der Waals surface area contributed by atoms with Crippen LogP contribution in [0, 0.1) is 5.92 Å². The molecule has 0 radical (unpaired) electrons. The summed E-state index contributed by atoms with van der Waals surface area (Å²) < 4.78 is 11.4. The standard InChI is InChI=1S/C15H23NO2/c1-4-6-11(2)14(16-3)12-7-5-8-13-15(12)18-10-9-17-13/h5,7-8,11,14,16H,4,6,9-10H2,1-3H3. The van der Waals surface area contributed by atoms with E-state index in [4.69, 9.17) is 9.47 Å². The first-order valence-corrected chi connectivity index (χ1v) is 6.83. The number of para-hydroxylation sites is 1. The maximum atomic E-state index is 5.80. The van der Waals surface area contributed by atoms with Crippen LogP contribution in [-0.4, -0.2) is 20.3 Å². The molecule has 1 aromatic carbocycles. The minimum atomic E-state index is 0.321. The van der Waals surface area contributed by atoms with Gasteiger partial charge in [0, 0.05) is 11.6 Å². The second-order valence-corrected chi connectivity index (χ2v) is 4.90. The summed E-state index contributed by atoms with van der Waals surface area (Å²) in [6.07, 6.45) is 2.40. The van der Waals surface area contributed by atoms with E-state index in [0.717, 1.165) is 11.5 Å². The van der Waals surface area contributed by atoms with E-state index < -0.39 is 0 Å². The summed E-state index contributed by atoms with van der Waals surface area (Å²) in [6.45, 7) is 5.80. The molecule has 1 heterocycles. The number of fused-ring (bicyclic) bond motifs is 1. The Kier molecular flexibility index (Phi) is 4.48. The molecule has 0 aromatic heterocycles. The fourth-order valence-electron chi connectivity index (χ4n) is 2.71. The molecule has 100 valence electrons. The fraction of sp³-hybridized carbons (Fsp3) is 0.600. The van der Waals surface area contributed by atoms with Crippen molar-refractivity contribution < 1.29 is 9.47 Å². The molecule has 3 heteroatoms. The molecule has 2 atom stereocenters. The lowest BCUT2D eigenvalue weighted by Crippen LogP contribution is -2.26. The van der Waals surface area contributed by atoms with Crippen LogP contribution in [0.1, 0.15) is 38.3 Å². The van der Waals surface area contributed by atoms with Gasteiger partial charge in [0.15, 0.2) is 11.5 Å². The lowest BCUT2D eigenvalue weighted by atomic mass is 9.90. The van der Waals surface area contributed by atoms with Crippen molar-refractivity contribution in [3.05, 3.63) is 23.8 Å². The first kappa shape index (κ1) is 13.2. The number of hydrogen-bond donors (Lipinski definition) is 1. The highest BCUT2D eigenvalue weighted by molar-refractivity contribution is 5.49. The van der Waals surface area contributed by atoms with Gasteiger partial charge in [0.2, 0.25) is 0 Å². The van der Waals surface area contributed by atoms with Crippen LogP contribution in [0.5, 0.6) is 11.5 Å². The van der Waals surface area contributed by atoms with Gasteiger partial charge in [-0.15, -0.1) is 0 Å². The van der Waals surface area contributed by atoms with E-state index in [1.807, 2.05) is 19.2 Å². The molecule has 3 nitrogen and oxygen atoms in total. The normalized spacial score (nSPS) is 17.3. The Morgan fingerprint density at radius 1 is 1.28 bits per heavy atom. The molecular weight excluding hydrogens is 226 g/mol. The van der Waals surface area contributed by atoms with E-state index in [1.165, 1.54) is 18.4 Å². The zero-order chi connectivity index (χ0) is 13.0. The molecule has 1 aliphatic heterocycles. The second-order valence-electron chi connectivity index (χ2n) is 4.90. The molecule has 0 bridgehead atoms. The molecular formula is C15H23NO2. The van der Waals surface area contributed by atoms with Crippen molar-refractivity contribution in [3.63, 3.8) is 0 Å². The molecule has 2 rings (SSSR count). The summed E-state index contributed by atoms with van der Waals surface area (Å²) in [6, 6.07) is 6.49. The highest BCUT2D eigenvalue weighted by atomic mass is 16.6. The SMILES string of the molecule is CCCC(C)C(NC)c1cccc2c1OCCO2. The molecule has 18 heavy (non-hydrogen) atoms. The van der Waals surface area contributed by atoms with Crippen molar-refractivity contribution in [1.82, 2.24) is 5.32 Å². The number of nitrogens with one attached hydrogen (secondary N) is 1. The zero-order valence-electron chi connectivity index (χ0n) is 11.5. The third-order valence-electron chi connectivity index (χ3n) is 3.56. The van der Waals surface area contributed by atoms with Crippen molar-refractivity contribution >= 4 is 0 Å². The van der Waals surface area contributed by atoms with Crippen molar-refractivity contribution in [2.24, 2.45) is 5.92 Å². The zero-order valence-corrected chi connectivity index (χ0v) is 11.5. The Bertz CT molecular complexity index is 392. The van der Waals surface area contributed by atoms with Gasteiger partial charge in [-0.2, -0.15) is 0 Å². The lowest BCUT2D eigenvalue weighted by molar-refractivity contribution is 0.167. The Morgan fingerprint density at radius 2 is 2.06 bits per heavy atom. The summed E-state index contributed by atoms with van der Waals surface area (Å²) in [4.78, 5) is 0. The van der Waals surface area contributed by atoms with Gasteiger partial charge in [0.25, 0.3) is 0 Å². The third-order valence-corrected chi connectivity index (χ3v) is 3.56. The van der Waals surface area contributed by atoms with Crippen molar-refractivity contribution in [3.8, 4) is 11.5 Å². The van der Waals surface area contributed by atoms with Gasteiger partial charge < -0.3 is 14.8 Å². The van der Waals surface area contributed by atoms with Gasteiger partial charge in [-0.1, -0.05) is 32.4 Å². The highest BCUT2D eigenvalue weighted by Gasteiger charge is 2.24. The van der Waals surface area contributed by atoms with Crippen LogP contribution in [-0.2, 0) is 0 Å². The lowest BCUT2D eigenvalue weighted by Gasteiger charge is -2.28. The van der Waals surface area contributed by atoms with Crippen LogP contribution in [0.25, 0.3) is 0 Å². The van der Waals surface area contributed by atoms with E-state index in [-0.39, 0.29) is 0 Å². The number of hydrogen-bond acceptors (Lipinski definition) is 3. The maximum Gasteiger partial charge on any atom is 0.166 e. The fourth-order valence-corrected chi connectivity index (χ4v) is 2.71. The Hall–Kier alpha value is -1.22. The number of rotatable bonds is 5. The van der Waals surface area contributed by atoms with Crippen molar-refractivity contribution in [1.29, 1.82) is 0 Å². The summed E-state index contributed by atoms with van der Waals surface area (Å²) >= 11 is 0. The predicted octanol–water partition coefficient (Wildman–Crippen LogP) is 3.15. The topological polar surface area (TPSA) is 30.5 Å². The van der Waals surface area contributed by atoms with Gasteiger partial charge in [0.1, 0.15) is 13.2 Å². The highest BCUT2D eigenvalue weighted by Crippen LogP contribution is 2.39. The Morgan fingerprint density at radius 3 is 2.78 bits per heavy atom. The Balaban J connectivity index is 2.30. The van der Waals surface area contributed by atoms with Crippen LogP contribution in [0.4, 0.5) is 0 Å². The summed E-state index contributed by atoms with van der Waals surface area (Å²) in [7, 11) is 2.01. The molecule has 0 saturated heterocycles. The molecule has 1 aromatic rings. The molecule has 2 unspecified atom stereocenters. The predicted molar refractivity (Wildman–Crippen MR) is 73.3 cm³/mol. The molecule has 0 aliphatic carbocycles. The molecule has 1 N–H and O–H groups in total. The second kappa shape index (κ2) is 6.10. The van der Waals surface area contributed by atoms with Crippen LogP contribution in [0.15, 0.2) is 18.2 Å². The van der Waals surface area contributed by atoms with Gasteiger partial charge in [0.05, 0.1) is 0 Å². The number of ether oxygens (including phenoxy) is 2. The largest absolute Gasteiger partial charge is 0.486 e. The van der Waals surface area contributed by atoms with Crippen LogP contribution >= 0.6 is 0 Å². The minimum absolute atomic E-state index is 0.321. The average Bonchev–Trinajstić information content (AvgIpc) is 2.40. The number of benzene rings is 1. The maximum absolute atomic E-state index is 5.80. The quantitative estimate of drug-likeness (QED) is 0.869. The molecule has 0 amide bonds. The van der Waals surface area contributed by atoms with Crippen LogP contribution < -0.4 is 14.8 Å². The molecule has 0 saturated carbocycles. The van der Waals surface area contributed by atoms with E-state index in [1.54, 1.807) is 0 Å². The van der Waals surface area contributed by atoms with Gasteiger partial charge in [-0.05, 0) is 25.5 Å². The first-order valence-electron chi connectivity index (χ1n) is 6.83. The monoisotopic (exact) mass is 249 g/mol. The van der Waals surface area contributed by atoms with Crippen molar-refractivity contribution in [2.45, 2.75) is 32.7 Å². The average molecular weight is 249 g/mol. The van der Waals surface area contributed by atoms with E-state index in [9.17, 15) is 0 Å². The van der Waals surface area contributed by atoms with Crippen molar-refractivity contribution in [2.75, 3.05) is 20.3 Å². The molecule has 1 aliphatic rings. The van der Waals surface area contributed by atoms with E-state index in [2.05, 4.69) is 25.2 Å². The Labute approximate surface area is 109 Å². The van der Waals surface area contributed by atoms with Crippen LogP contribution in [0.2, 0.25) is 0 Å². The first-order chi connectivity index (χ1) is 8.77. The van der Waals surface area contributed by atoms with E-state index >= 15 is 0 Å². The molecule has 0 spiro atoms. The third kappa shape index (κ3) is 2.61. The summed E-state index contributed by atoms with van der Waals surface area (Å²) in [5, 5.41) is 3.42. The van der Waals surface area contributed by atoms with Crippen LogP contribution in [0.3, 0.4) is 0 Å². The summed E-state index contributed by atoms with van der Waals surface area (Å²) in [5.41, 5.74) is 1.22. The van der Waals surface area contributed by atoms with E-state index in [0.29, 0.717) is 25.2 Å². The van der Waals surface area contributed by atoms with Gasteiger partial charge >= 0.3 is 0 Å². The smallest absolute Gasteiger partial charge is 0.166 e. The minimum Gasteiger partial charge on any atom is -0.486 e. The molecule has 0 fully saturated rings. The van der Waals surface area contributed by atoms with Gasteiger partial charge in [-0.3, -0.25) is 0 Å². The van der Waals surface area contributed by atoms with Gasteiger partial charge in [-0.25, -0.2) is 0 Å².